The van der Waals surface area contributed by atoms with Crippen molar-refractivity contribution in [2.45, 2.75) is 39.2 Å². The summed E-state index contributed by atoms with van der Waals surface area (Å²) in [5.41, 5.74) is 0.946. The minimum absolute atomic E-state index is 0.156. The van der Waals surface area contributed by atoms with E-state index in [0.717, 1.165) is 16.6 Å². The zero-order valence-electron chi connectivity index (χ0n) is 14.3. The largest absolute Gasteiger partial charge is 0.545 e. The first-order valence-electron chi connectivity index (χ1n) is 7.14. The Kier molecular flexibility index (Phi) is 7.07. The van der Waals surface area contributed by atoms with Gasteiger partial charge in [0.15, 0.2) is 0 Å². The van der Waals surface area contributed by atoms with Crippen molar-refractivity contribution < 1.29 is 19.5 Å². The molecule has 0 bridgehead atoms. The molecule has 0 amide bonds. The van der Waals surface area contributed by atoms with E-state index in [-0.39, 0.29) is 17.1 Å². The number of carbonyl (C=O) groups excluding carboxylic acids is 1. The minimum atomic E-state index is -1.11. The van der Waals surface area contributed by atoms with Crippen LogP contribution in [-0.2, 0) is 5.41 Å². The summed E-state index contributed by atoms with van der Waals surface area (Å²) in [6.07, 6.45) is -0.185. The van der Waals surface area contributed by atoms with Crippen LogP contribution < -0.4 is 5.11 Å². The van der Waals surface area contributed by atoms with Crippen LogP contribution in [0.3, 0.4) is 0 Å². The van der Waals surface area contributed by atoms with Gasteiger partial charge in [0.05, 0.1) is 27.1 Å². The smallest absolute Gasteiger partial charge is 0.104 e. The zero-order chi connectivity index (χ0) is 16.8. The average molecular weight is 295 g/mol. The lowest BCUT2D eigenvalue weighted by molar-refractivity contribution is -0.873. The van der Waals surface area contributed by atoms with E-state index in [9.17, 15) is 9.90 Å². The number of hydrogen-bond donors (Lipinski definition) is 1. The Bertz CT molecular complexity index is 454. The second-order valence-electron chi connectivity index (χ2n) is 7.40. The Labute approximate surface area is 128 Å². The van der Waals surface area contributed by atoms with Gasteiger partial charge in [-0.1, -0.05) is 45.0 Å². The average Bonchev–Trinajstić information content (AvgIpc) is 2.25. The Morgan fingerprint density at radius 2 is 1.71 bits per heavy atom. The van der Waals surface area contributed by atoms with E-state index in [1.807, 2.05) is 39.8 Å². The van der Waals surface area contributed by atoms with E-state index < -0.39 is 5.97 Å². The van der Waals surface area contributed by atoms with Gasteiger partial charge in [-0.15, -0.1) is 0 Å². The van der Waals surface area contributed by atoms with E-state index >= 15 is 0 Å². The predicted octanol–water partition coefficient (Wildman–Crippen LogP) is 1.42. The number of aliphatic hydroxyl groups is 1. The molecule has 21 heavy (non-hydrogen) atoms. The van der Waals surface area contributed by atoms with Crippen LogP contribution in [0.5, 0.6) is 0 Å². The van der Waals surface area contributed by atoms with E-state index in [1.165, 1.54) is 0 Å². The highest BCUT2D eigenvalue weighted by atomic mass is 16.4. The van der Waals surface area contributed by atoms with Crippen molar-refractivity contribution in [2.24, 2.45) is 0 Å². The van der Waals surface area contributed by atoms with Crippen molar-refractivity contribution in [3.8, 4) is 0 Å². The fraction of sp³-hybridized carbons (Fsp3) is 0.588. The van der Waals surface area contributed by atoms with Gasteiger partial charge < -0.3 is 19.5 Å². The van der Waals surface area contributed by atoms with Gasteiger partial charge in [-0.2, -0.15) is 0 Å². The topological polar surface area (TPSA) is 60.4 Å². The lowest BCUT2D eigenvalue weighted by Crippen LogP contribution is -2.40. The van der Waals surface area contributed by atoms with Crippen molar-refractivity contribution in [1.82, 2.24) is 0 Å². The maximum atomic E-state index is 10.8. The molecule has 120 valence electrons. The number of rotatable bonds is 3. The molecule has 1 N–H and O–H groups in total. The molecule has 1 aromatic rings. The fourth-order valence-electron chi connectivity index (χ4n) is 2.11. The van der Waals surface area contributed by atoms with Crippen molar-refractivity contribution in [2.75, 3.05) is 27.7 Å². The van der Waals surface area contributed by atoms with Crippen LogP contribution in [0.25, 0.3) is 0 Å². The summed E-state index contributed by atoms with van der Waals surface area (Å²) in [5, 5.41) is 19.6. The number of carboxylic acids is 1. The van der Waals surface area contributed by atoms with E-state index in [0.29, 0.717) is 0 Å². The van der Waals surface area contributed by atoms with E-state index in [2.05, 4.69) is 21.1 Å². The van der Waals surface area contributed by atoms with Crippen LogP contribution >= 0.6 is 0 Å². The molecule has 0 saturated carbocycles. The lowest BCUT2D eigenvalue weighted by Gasteiger charge is -2.24. The molecule has 0 aliphatic rings. The number of likely N-dealkylation sites (N-methyl/N-ethyl adjacent to an activating group) is 1. The summed E-state index contributed by atoms with van der Waals surface area (Å²) in [7, 11) is 6.19. The number of aliphatic hydroxyl groups excluding tert-OH is 1. The SMILES string of the molecule is CC(C)(C)c1ccccc1C(=O)[O-].CC(O)C[N+](C)(C)C. The molecule has 0 radical (unpaired) electrons. The van der Waals surface area contributed by atoms with Gasteiger partial charge in [-0.05, 0) is 17.9 Å². The van der Waals surface area contributed by atoms with Crippen molar-refractivity contribution in [3.63, 3.8) is 0 Å². The maximum Gasteiger partial charge on any atom is 0.104 e. The number of nitrogens with zero attached hydrogens (tertiary/aromatic N) is 1. The third-order valence-electron chi connectivity index (χ3n) is 2.77. The molecule has 1 unspecified atom stereocenters. The molecule has 0 spiro atoms. The van der Waals surface area contributed by atoms with E-state index in [1.54, 1.807) is 12.1 Å². The molecule has 1 aromatic carbocycles. The second kappa shape index (κ2) is 7.57. The highest BCUT2D eigenvalue weighted by Crippen LogP contribution is 2.24. The van der Waals surface area contributed by atoms with Gasteiger partial charge in [-0.3, -0.25) is 0 Å². The molecule has 0 aliphatic heterocycles. The van der Waals surface area contributed by atoms with Crippen molar-refractivity contribution >= 4 is 5.97 Å². The monoisotopic (exact) mass is 295 g/mol. The van der Waals surface area contributed by atoms with Gasteiger partial charge in [0.25, 0.3) is 0 Å². The van der Waals surface area contributed by atoms with Gasteiger partial charge in [0, 0.05) is 5.56 Å². The molecule has 1 atom stereocenters. The van der Waals surface area contributed by atoms with E-state index in [4.69, 9.17) is 5.11 Å². The standard InChI is InChI=1S/C11H14O2.C6H16NO/c1-11(2,3)9-7-5-4-6-8(9)10(12)13;1-6(8)5-7(2,3)4/h4-7H,1-3H3,(H,12,13);6,8H,5H2,1-4H3/q;+1/p-1. The maximum absolute atomic E-state index is 10.8. The van der Waals surface area contributed by atoms with Gasteiger partial charge >= 0.3 is 0 Å². The zero-order valence-corrected chi connectivity index (χ0v) is 14.3. The second-order valence-corrected chi connectivity index (χ2v) is 7.40. The molecule has 4 heteroatoms. The third kappa shape index (κ3) is 8.48. The molecular weight excluding hydrogens is 266 g/mol. The lowest BCUT2D eigenvalue weighted by atomic mass is 9.84. The molecule has 0 heterocycles. The van der Waals surface area contributed by atoms with Crippen molar-refractivity contribution in [3.05, 3.63) is 35.4 Å². The highest BCUT2D eigenvalue weighted by Gasteiger charge is 2.17. The molecule has 0 aromatic heterocycles. The summed E-state index contributed by atoms with van der Waals surface area (Å²) in [6, 6.07) is 6.95. The number of aromatic carboxylic acids is 1. The number of carbonyl (C=O) groups is 1. The summed E-state index contributed by atoms with van der Waals surface area (Å²) in [5.74, 6) is -1.11. The predicted molar refractivity (Wildman–Crippen MR) is 84.1 cm³/mol. The number of hydrogen-bond acceptors (Lipinski definition) is 3. The summed E-state index contributed by atoms with van der Waals surface area (Å²) in [4.78, 5) is 10.8. The highest BCUT2D eigenvalue weighted by molar-refractivity contribution is 5.88. The number of quaternary nitrogens is 1. The van der Waals surface area contributed by atoms with Crippen LogP contribution in [-0.4, -0.2) is 49.4 Å². The molecule has 0 fully saturated rings. The Morgan fingerprint density at radius 1 is 1.24 bits per heavy atom. The summed E-state index contributed by atoms with van der Waals surface area (Å²) in [6.45, 7) is 8.57. The molecule has 0 aliphatic carbocycles. The minimum Gasteiger partial charge on any atom is -0.545 e. The van der Waals surface area contributed by atoms with Gasteiger partial charge in [0.1, 0.15) is 12.6 Å². The Hall–Kier alpha value is -1.39. The van der Waals surface area contributed by atoms with Crippen molar-refractivity contribution in [1.29, 1.82) is 0 Å². The quantitative estimate of drug-likeness (QED) is 0.858. The summed E-state index contributed by atoms with van der Waals surface area (Å²) >= 11 is 0. The number of benzene rings is 1. The first-order valence-corrected chi connectivity index (χ1v) is 7.14. The molecule has 1 rings (SSSR count). The van der Waals surface area contributed by atoms with Gasteiger partial charge in [0.2, 0.25) is 0 Å². The first-order chi connectivity index (χ1) is 9.34. The van der Waals surface area contributed by atoms with Crippen LogP contribution in [0.4, 0.5) is 0 Å². The summed E-state index contributed by atoms with van der Waals surface area (Å²) < 4.78 is 0.831. The molecule has 4 nitrogen and oxygen atoms in total. The first kappa shape index (κ1) is 19.6. The number of carboxylic acid groups (broad SMARTS) is 1. The van der Waals surface area contributed by atoms with Gasteiger partial charge in [-0.25, -0.2) is 0 Å². The van der Waals surface area contributed by atoms with Crippen LogP contribution in [0.1, 0.15) is 43.6 Å². The normalized spacial score (nSPS) is 13.1. The Morgan fingerprint density at radius 3 is 1.95 bits per heavy atom. The molecule has 0 saturated heterocycles. The van der Waals surface area contributed by atoms with Crippen LogP contribution in [0.15, 0.2) is 24.3 Å². The Balaban J connectivity index is 0.000000433. The van der Waals surface area contributed by atoms with Crippen LogP contribution in [0.2, 0.25) is 0 Å². The van der Waals surface area contributed by atoms with Crippen LogP contribution in [0, 0.1) is 0 Å². The third-order valence-corrected chi connectivity index (χ3v) is 2.77. The molecular formula is C17H29NO3. The fourth-order valence-corrected chi connectivity index (χ4v) is 2.11.